The van der Waals surface area contributed by atoms with Crippen molar-refractivity contribution in [2.24, 2.45) is 0 Å². The number of carbonyl (C=O) groups excluding carboxylic acids is 1. The predicted octanol–water partition coefficient (Wildman–Crippen LogP) is 4.18. The Labute approximate surface area is 219 Å². The molecule has 0 spiro atoms. The molecule has 2 heterocycles. The van der Waals surface area contributed by atoms with Gasteiger partial charge >= 0.3 is 0 Å². The Morgan fingerprint density at radius 2 is 1.89 bits per heavy atom. The average Bonchev–Trinajstić information content (AvgIpc) is 3.31. The van der Waals surface area contributed by atoms with Gasteiger partial charge < -0.3 is 10.1 Å². The van der Waals surface area contributed by atoms with Crippen LogP contribution in [0.3, 0.4) is 0 Å². The van der Waals surface area contributed by atoms with Crippen LogP contribution in [-0.2, 0) is 21.4 Å². The predicted molar refractivity (Wildman–Crippen MR) is 141 cm³/mol. The van der Waals surface area contributed by atoms with Gasteiger partial charge in [0.05, 0.1) is 12.9 Å². The Balaban J connectivity index is 1.48. The zero-order chi connectivity index (χ0) is 26.4. The van der Waals surface area contributed by atoms with Crippen molar-refractivity contribution in [3.63, 3.8) is 0 Å². The number of carbonyl (C=O) groups is 1. The van der Waals surface area contributed by atoms with Crippen LogP contribution in [0.1, 0.15) is 19.3 Å². The molecule has 1 N–H and O–H groups in total. The van der Waals surface area contributed by atoms with Crippen LogP contribution in [0.15, 0.2) is 65.2 Å². The third-order valence-corrected chi connectivity index (χ3v) is 8.73. The summed E-state index contributed by atoms with van der Waals surface area (Å²) in [5.74, 6) is 0.0800. The monoisotopic (exact) mass is 545 g/mol. The molecule has 0 radical (unpaired) electrons. The van der Waals surface area contributed by atoms with Crippen LogP contribution < -0.4 is 10.1 Å². The molecule has 1 aliphatic rings. The van der Waals surface area contributed by atoms with E-state index in [4.69, 9.17) is 4.74 Å². The van der Waals surface area contributed by atoms with E-state index >= 15 is 0 Å². The van der Waals surface area contributed by atoms with E-state index in [0.29, 0.717) is 41.9 Å². The van der Waals surface area contributed by atoms with Crippen LogP contribution >= 0.6 is 11.8 Å². The molecular formula is C25H28FN5O4S2. The molecule has 12 heteroatoms. The van der Waals surface area contributed by atoms with Gasteiger partial charge in [-0.1, -0.05) is 24.3 Å². The first kappa shape index (κ1) is 26.8. The number of amides is 1. The molecule has 4 rings (SSSR count). The number of nitrogens with zero attached hydrogens (tertiary/aromatic N) is 4. The number of anilines is 1. The number of rotatable bonds is 10. The molecule has 2 aromatic carbocycles. The summed E-state index contributed by atoms with van der Waals surface area (Å²) in [6.45, 7) is 5.09. The van der Waals surface area contributed by atoms with Gasteiger partial charge in [-0.3, -0.25) is 9.36 Å². The Morgan fingerprint density at radius 3 is 2.57 bits per heavy atom. The molecule has 1 aromatic heterocycles. The minimum absolute atomic E-state index is 0.0128. The third-order valence-electron chi connectivity index (χ3n) is 5.84. The maximum absolute atomic E-state index is 13.3. The van der Waals surface area contributed by atoms with Gasteiger partial charge in [-0.15, -0.1) is 16.8 Å². The highest BCUT2D eigenvalue weighted by Gasteiger charge is 2.29. The van der Waals surface area contributed by atoms with Crippen LogP contribution in [-0.4, -0.2) is 59.3 Å². The van der Waals surface area contributed by atoms with Gasteiger partial charge in [0.2, 0.25) is 15.9 Å². The van der Waals surface area contributed by atoms with Gasteiger partial charge in [-0.25, -0.2) is 12.8 Å². The number of aromatic nitrogens is 3. The second-order valence-corrected chi connectivity index (χ2v) is 11.2. The maximum atomic E-state index is 13.3. The number of methoxy groups -OCH3 is 1. The number of allylic oxidation sites excluding steroid dienone is 1. The summed E-state index contributed by atoms with van der Waals surface area (Å²) in [7, 11) is -2.34. The molecule has 0 atom stereocenters. The van der Waals surface area contributed by atoms with Crippen molar-refractivity contribution in [3.05, 3.63) is 60.9 Å². The van der Waals surface area contributed by atoms with E-state index in [0.717, 1.165) is 19.3 Å². The van der Waals surface area contributed by atoms with Crippen LogP contribution in [0, 0.1) is 5.82 Å². The van der Waals surface area contributed by atoms with E-state index in [1.165, 1.54) is 47.4 Å². The molecule has 1 saturated heterocycles. The van der Waals surface area contributed by atoms with Gasteiger partial charge in [0.25, 0.3) is 0 Å². The van der Waals surface area contributed by atoms with Crippen molar-refractivity contribution >= 4 is 33.4 Å². The van der Waals surface area contributed by atoms with Crippen LogP contribution in [0.25, 0.3) is 11.4 Å². The first-order chi connectivity index (χ1) is 17.8. The fourth-order valence-corrected chi connectivity index (χ4v) is 6.48. The number of benzene rings is 2. The lowest BCUT2D eigenvalue weighted by Crippen LogP contribution is -2.35. The lowest BCUT2D eigenvalue weighted by molar-refractivity contribution is -0.113. The number of ether oxygens (including phenoxy) is 1. The largest absolute Gasteiger partial charge is 0.495 e. The summed E-state index contributed by atoms with van der Waals surface area (Å²) in [5, 5.41) is 11.6. The molecule has 0 bridgehead atoms. The van der Waals surface area contributed by atoms with Gasteiger partial charge in [0.1, 0.15) is 16.5 Å². The fourth-order valence-electron chi connectivity index (χ4n) is 4.03. The third kappa shape index (κ3) is 6.20. The van der Waals surface area contributed by atoms with Gasteiger partial charge in [-0.05, 0) is 55.3 Å². The van der Waals surface area contributed by atoms with E-state index in [1.807, 2.05) is 0 Å². The second kappa shape index (κ2) is 11.9. The van der Waals surface area contributed by atoms with E-state index < -0.39 is 10.0 Å². The van der Waals surface area contributed by atoms with Gasteiger partial charge in [0.15, 0.2) is 11.0 Å². The lowest BCUT2D eigenvalue weighted by Gasteiger charge is -2.26. The first-order valence-electron chi connectivity index (χ1n) is 11.7. The Hall–Kier alpha value is -3.22. The number of hydrogen-bond donors (Lipinski definition) is 1. The van der Waals surface area contributed by atoms with E-state index in [-0.39, 0.29) is 28.1 Å². The minimum atomic E-state index is -3.76. The molecule has 196 valence electrons. The standard InChI is InChI=1S/C25H28FN5O4S2/c1-3-13-31-24(18-7-9-19(26)10-8-18)28-29-25(31)36-17-23(32)27-20-11-12-21(35-2)22(16-20)37(33,34)30-14-5-4-6-15-30/h3,7-12,16H,1,4-6,13-15,17H2,2H3,(H,27,32). The number of piperidine rings is 1. The summed E-state index contributed by atoms with van der Waals surface area (Å²) in [6.07, 6.45) is 4.31. The number of nitrogens with one attached hydrogen (secondary N) is 1. The molecule has 1 amide bonds. The van der Waals surface area contributed by atoms with Gasteiger partial charge in [-0.2, -0.15) is 4.31 Å². The van der Waals surface area contributed by atoms with E-state index in [1.54, 1.807) is 28.8 Å². The molecule has 3 aromatic rings. The molecule has 37 heavy (non-hydrogen) atoms. The van der Waals surface area contributed by atoms with Crippen LogP contribution in [0.2, 0.25) is 0 Å². The van der Waals surface area contributed by atoms with Crippen LogP contribution in [0.5, 0.6) is 5.75 Å². The van der Waals surface area contributed by atoms with Crippen molar-refractivity contribution in [2.45, 2.75) is 35.9 Å². The lowest BCUT2D eigenvalue weighted by atomic mass is 10.2. The maximum Gasteiger partial charge on any atom is 0.246 e. The average molecular weight is 546 g/mol. The molecule has 0 unspecified atom stereocenters. The van der Waals surface area contributed by atoms with E-state index in [2.05, 4.69) is 22.1 Å². The Kier molecular flexibility index (Phi) is 8.62. The molecule has 1 fully saturated rings. The summed E-state index contributed by atoms with van der Waals surface area (Å²) in [4.78, 5) is 12.8. The minimum Gasteiger partial charge on any atom is -0.495 e. The van der Waals surface area contributed by atoms with E-state index in [9.17, 15) is 17.6 Å². The SMILES string of the molecule is C=CCn1c(SCC(=O)Nc2ccc(OC)c(S(=O)(=O)N3CCCCC3)c2)nnc1-c1ccc(F)cc1. The molecule has 9 nitrogen and oxygen atoms in total. The molecular weight excluding hydrogens is 517 g/mol. The Bertz CT molecular complexity index is 1370. The number of sulfonamides is 1. The molecule has 0 saturated carbocycles. The quantitative estimate of drug-likeness (QED) is 0.301. The first-order valence-corrected chi connectivity index (χ1v) is 14.2. The fraction of sp³-hybridized carbons (Fsp3) is 0.320. The summed E-state index contributed by atoms with van der Waals surface area (Å²) in [6, 6.07) is 10.5. The Morgan fingerprint density at radius 1 is 1.16 bits per heavy atom. The zero-order valence-electron chi connectivity index (χ0n) is 20.4. The normalized spacial score (nSPS) is 14.3. The number of hydrogen-bond acceptors (Lipinski definition) is 7. The summed E-state index contributed by atoms with van der Waals surface area (Å²) in [5.41, 5.74) is 1.04. The zero-order valence-corrected chi connectivity index (χ0v) is 22.0. The van der Waals surface area contributed by atoms with Crippen molar-refractivity contribution in [3.8, 4) is 17.1 Å². The highest BCUT2D eigenvalue weighted by atomic mass is 32.2. The molecule has 1 aliphatic heterocycles. The highest BCUT2D eigenvalue weighted by molar-refractivity contribution is 7.99. The van der Waals surface area contributed by atoms with Crippen molar-refractivity contribution < 1.29 is 22.3 Å². The topological polar surface area (TPSA) is 106 Å². The van der Waals surface area contributed by atoms with Crippen LogP contribution in [0.4, 0.5) is 10.1 Å². The van der Waals surface area contributed by atoms with Crippen molar-refractivity contribution in [1.29, 1.82) is 0 Å². The number of halogens is 1. The van der Waals surface area contributed by atoms with Crippen molar-refractivity contribution in [2.75, 3.05) is 31.3 Å². The number of thioether (sulfide) groups is 1. The second-order valence-electron chi connectivity index (χ2n) is 8.38. The summed E-state index contributed by atoms with van der Waals surface area (Å²) < 4.78 is 48.3. The van der Waals surface area contributed by atoms with Gasteiger partial charge in [0, 0.05) is 30.9 Å². The highest BCUT2D eigenvalue weighted by Crippen LogP contribution is 2.31. The molecule has 0 aliphatic carbocycles. The smallest absolute Gasteiger partial charge is 0.246 e. The van der Waals surface area contributed by atoms with Crippen molar-refractivity contribution in [1.82, 2.24) is 19.1 Å². The summed E-state index contributed by atoms with van der Waals surface area (Å²) >= 11 is 1.18.